The van der Waals surface area contributed by atoms with Crippen LogP contribution >= 0.6 is 0 Å². The second kappa shape index (κ2) is 8.88. The summed E-state index contributed by atoms with van der Waals surface area (Å²) < 4.78 is 7.65. The highest BCUT2D eigenvalue weighted by Gasteiger charge is 2.26. The number of aryl methyl sites for hydroxylation is 1. The first-order valence-electron chi connectivity index (χ1n) is 11.4. The van der Waals surface area contributed by atoms with Crippen LogP contribution in [0.4, 0.5) is 0 Å². The van der Waals surface area contributed by atoms with E-state index in [1.54, 1.807) is 0 Å². The number of tetrazole rings is 1. The van der Waals surface area contributed by atoms with Crippen LogP contribution < -0.4 is 5.56 Å². The summed E-state index contributed by atoms with van der Waals surface area (Å²) in [4.78, 5) is 18.3. The van der Waals surface area contributed by atoms with Crippen molar-refractivity contribution in [1.82, 2.24) is 30.1 Å². The summed E-state index contributed by atoms with van der Waals surface area (Å²) in [6.07, 6.45) is 7.10. The van der Waals surface area contributed by atoms with E-state index in [2.05, 4.69) is 38.4 Å². The average molecular weight is 423 g/mol. The number of hydrogen-bond donors (Lipinski definition) is 1. The van der Waals surface area contributed by atoms with Gasteiger partial charge in [0.2, 0.25) is 0 Å². The van der Waals surface area contributed by atoms with Crippen LogP contribution in [0.5, 0.6) is 0 Å². The summed E-state index contributed by atoms with van der Waals surface area (Å²) >= 11 is 0. The van der Waals surface area contributed by atoms with Crippen LogP contribution in [-0.4, -0.2) is 48.8 Å². The Bertz CT molecular complexity index is 1090. The molecular weight excluding hydrogens is 392 g/mol. The third kappa shape index (κ3) is 4.55. The molecule has 5 rings (SSSR count). The van der Waals surface area contributed by atoms with Crippen LogP contribution in [0, 0.1) is 6.92 Å². The SMILES string of the molecule is Cc1ccc2[nH]c(=O)c(CN(Cc3nnnn3CC3CCCO3)C3CCCC3)cc2c1. The molecule has 1 saturated carbocycles. The number of fused-ring (bicyclic) bond motifs is 1. The number of nitrogens with zero attached hydrogens (tertiary/aromatic N) is 5. The molecule has 0 spiro atoms. The maximum atomic E-state index is 12.8. The highest BCUT2D eigenvalue weighted by Crippen LogP contribution is 2.26. The number of hydrogen-bond acceptors (Lipinski definition) is 6. The maximum absolute atomic E-state index is 12.8. The number of nitrogens with one attached hydrogen (secondary N) is 1. The molecule has 1 unspecified atom stereocenters. The zero-order valence-corrected chi connectivity index (χ0v) is 18.1. The molecule has 1 aliphatic carbocycles. The second-order valence-electron chi connectivity index (χ2n) is 8.97. The minimum Gasteiger partial charge on any atom is -0.376 e. The molecule has 1 atom stereocenters. The summed E-state index contributed by atoms with van der Waals surface area (Å²) in [5.41, 5.74) is 2.85. The summed E-state index contributed by atoms with van der Waals surface area (Å²) in [5, 5.41) is 13.5. The van der Waals surface area contributed by atoms with Crippen LogP contribution in [0.1, 0.15) is 55.5 Å². The Hall–Kier alpha value is -2.58. The minimum absolute atomic E-state index is 0.0155. The lowest BCUT2D eigenvalue weighted by Gasteiger charge is -2.28. The lowest BCUT2D eigenvalue weighted by molar-refractivity contribution is 0.0906. The van der Waals surface area contributed by atoms with Gasteiger partial charge in [0, 0.05) is 30.3 Å². The fourth-order valence-electron chi connectivity index (χ4n) is 4.93. The monoisotopic (exact) mass is 422 g/mol. The molecule has 0 radical (unpaired) electrons. The number of H-pyrrole nitrogens is 1. The Labute approximate surface area is 181 Å². The van der Waals surface area contributed by atoms with Gasteiger partial charge in [-0.15, -0.1) is 5.10 Å². The topological polar surface area (TPSA) is 88.9 Å². The van der Waals surface area contributed by atoms with Gasteiger partial charge in [-0.25, -0.2) is 4.68 Å². The molecule has 164 valence electrons. The summed E-state index contributed by atoms with van der Waals surface area (Å²) in [7, 11) is 0. The van der Waals surface area contributed by atoms with Crippen molar-refractivity contribution in [2.75, 3.05) is 6.61 Å². The van der Waals surface area contributed by atoms with Crippen molar-refractivity contribution in [3.05, 3.63) is 51.6 Å². The van der Waals surface area contributed by atoms with Gasteiger partial charge in [-0.3, -0.25) is 9.69 Å². The Balaban J connectivity index is 1.40. The normalized spacial score (nSPS) is 19.7. The second-order valence-corrected chi connectivity index (χ2v) is 8.97. The standard InChI is InChI=1S/C23H30N6O2/c1-16-8-9-21-17(11-16)12-18(23(30)24-21)13-28(19-5-2-3-6-19)15-22-25-26-27-29(22)14-20-7-4-10-31-20/h8-9,11-12,19-20H,2-7,10,13-15H2,1H3,(H,24,30). The van der Waals surface area contributed by atoms with Crippen LogP contribution in [0.15, 0.2) is 29.1 Å². The van der Waals surface area contributed by atoms with Gasteiger partial charge in [0.05, 0.1) is 19.2 Å². The molecule has 0 bridgehead atoms. The molecule has 1 aliphatic heterocycles. The first-order valence-corrected chi connectivity index (χ1v) is 11.4. The predicted molar refractivity (Wildman–Crippen MR) is 118 cm³/mol. The smallest absolute Gasteiger partial charge is 0.252 e. The largest absolute Gasteiger partial charge is 0.376 e. The molecule has 3 heterocycles. The molecule has 8 nitrogen and oxygen atoms in total. The average Bonchev–Trinajstić information content (AvgIpc) is 3.52. The van der Waals surface area contributed by atoms with Crippen LogP contribution in [0.2, 0.25) is 0 Å². The van der Waals surface area contributed by atoms with E-state index in [1.807, 2.05) is 22.9 Å². The molecule has 3 aromatic rings. The lowest BCUT2D eigenvalue weighted by atomic mass is 10.1. The van der Waals surface area contributed by atoms with Gasteiger partial charge in [0.15, 0.2) is 5.82 Å². The third-order valence-electron chi connectivity index (χ3n) is 6.64. The molecule has 31 heavy (non-hydrogen) atoms. The van der Waals surface area contributed by atoms with Crippen LogP contribution in [-0.2, 0) is 24.4 Å². The number of rotatable bonds is 7. The van der Waals surface area contributed by atoms with Crippen molar-refractivity contribution in [2.45, 2.75) is 77.2 Å². The number of benzene rings is 1. The number of aromatic nitrogens is 5. The lowest BCUT2D eigenvalue weighted by Crippen LogP contribution is -2.35. The highest BCUT2D eigenvalue weighted by molar-refractivity contribution is 5.79. The van der Waals surface area contributed by atoms with Gasteiger partial charge in [-0.05, 0) is 66.6 Å². The van der Waals surface area contributed by atoms with E-state index in [1.165, 1.54) is 18.4 Å². The molecule has 1 saturated heterocycles. The summed E-state index contributed by atoms with van der Waals surface area (Å²) in [6.45, 7) is 4.81. The quantitative estimate of drug-likeness (QED) is 0.630. The van der Waals surface area contributed by atoms with Crippen LogP contribution in [0.25, 0.3) is 10.9 Å². The number of ether oxygens (including phenoxy) is 1. The molecule has 1 aromatic carbocycles. The fourth-order valence-corrected chi connectivity index (χ4v) is 4.93. The van der Waals surface area contributed by atoms with Crippen molar-refractivity contribution in [3.8, 4) is 0 Å². The molecule has 0 amide bonds. The third-order valence-corrected chi connectivity index (χ3v) is 6.64. The van der Waals surface area contributed by atoms with Gasteiger partial charge in [0.25, 0.3) is 5.56 Å². The zero-order valence-electron chi connectivity index (χ0n) is 18.1. The van der Waals surface area contributed by atoms with E-state index in [0.717, 1.165) is 54.6 Å². The minimum atomic E-state index is -0.0155. The Kier molecular flexibility index (Phi) is 5.82. The van der Waals surface area contributed by atoms with Crippen molar-refractivity contribution in [1.29, 1.82) is 0 Å². The molecule has 1 N–H and O–H groups in total. The van der Waals surface area contributed by atoms with E-state index in [0.29, 0.717) is 25.7 Å². The fraction of sp³-hybridized carbons (Fsp3) is 0.565. The van der Waals surface area contributed by atoms with Crippen molar-refractivity contribution in [2.24, 2.45) is 0 Å². The van der Waals surface area contributed by atoms with Gasteiger partial charge >= 0.3 is 0 Å². The zero-order chi connectivity index (χ0) is 21.2. The first kappa shape index (κ1) is 20.3. The van der Waals surface area contributed by atoms with Crippen LogP contribution in [0.3, 0.4) is 0 Å². The molecule has 2 aliphatic rings. The van der Waals surface area contributed by atoms with Crippen molar-refractivity contribution < 1.29 is 4.74 Å². The maximum Gasteiger partial charge on any atom is 0.252 e. The summed E-state index contributed by atoms with van der Waals surface area (Å²) in [5.74, 6) is 0.843. The summed E-state index contributed by atoms with van der Waals surface area (Å²) in [6, 6.07) is 8.61. The van der Waals surface area contributed by atoms with E-state index < -0.39 is 0 Å². The molecular formula is C23H30N6O2. The molecule has 8 heteroatoms. The van der Waals surface area contributed by atoms with Gasteiger partial charge in [-0.1, -0.05) is 24.5 Å². The van der Waals surface area contributed by atoms with Gasteiger partial charge in [-0.2, -0.15) is 0 Å². The van der Waals surface area contributed by atoms with Gasteiger partial charge < -0.3 is 9.72 Å². The van der Waals surface area contributed by atoms with E-state index >= 15 is 0 Å². The van der Waals surface area contributed by atoms with Gasteiger partial charge in [0.1, 0.15) is 0 Å². The number of aromatic amines is 1. The van der Waals surface area contributed by atoms with E-state index in [4.69, 9.17) is 4.74 Å². The molecule has 2 fully saturated rings. The predicted octanol–water partition coefficient (Wildman–Crippen LogP) is 2.95. The Morgan fingerprint density at radius 2 is 2.03 bits per heavy atom. The Morgan fingerprint density at radius 3 is 2.84 bits per heavy atom. The van der Waals surface area contributed by atoms with E-state index in [-0.39, 0.29) is 11.7 Å². The number of pyridine rings is 1. The van der Waals surface area contributed by atoms with Crippen molar-refractivity contribution in [3.63, 3.8) is 0 Å². The van der Waals surface area contributed by atoms with E-state index in [9.17, 15) is 4.79 Å². The Morgan fingerprint density at radius 1 is 1.16 bits per heavy atom. The first-order chi connectivity index (χ1) is 15.2. The van der Waals surface area contributed by atoms with Crippen molar-refractivity contribution >= 4 is 10.9 Å². The molecule has 2 aromatic heterocycles. The highest BCUT2D eigenvalue weighted by atomic mass is 16.5.